The van der Waals surface area contributed by atoms with Crippen LogP contribution in [0.1, 0.15) is 19.3 Å². The van der Waals surface area contributed by atoms with E-state index in [2.05, 4.69) is 24.3 Å². The van der Waals surface area contributed by atoms with E-state index in [9.17, 15) is 5.11 Å². The first kappa shape index (κ1) is 9.26. The molecule has 1 aliphatic rings. The van der Waals surface area contributed by atoms with E-state index >= 15 is 0 Å². The molecule has 70 valence electrons. The van der Waals surface area contributed by atoms with Gasteiger partial charge in [-0.2, -0.15) is 0 Å². The predicted molar refractivity (Wildman–Crippen MR) is 55.4 cm³/mol. The molecule has 2 rings (SSSR count). The third-order valence-corrected chi connectivity index (χ3v) is 5.38. The summed E-state index contributed by atoms with van der Waals surface area (Å²) in [6, 6.07) is 10.6. The van der Waals surface area contributed by atoms with Crippen LogP contribution in [0.3, 0.4) is 0 Å². The zero-order valence-electron chi connectivity index (χ0n) is 7.52. The SMILES string of the molecule is O[C@@H]1CCC[C@H]1[Se]c1ccccc1. The maximum absolute atomic E-state index is 9.67. The Bertz CT molecular complexity index is 260. The van der Waals surface area contributed by atoms with Gasteiger partial charge < -0.3 is 0 Å². The molecule has 0 bridgehead atoms. The van der Waals surface area contributed by atoms with Crippen molar-refractivity contribution in [3.63, 3.8) is 0 Å². The van der Waals surface area contributed by atoms with Crippen molar-refractivity contribution in [3.8, 4) is 0 Å². The van der Waals surface area contributed by atoms with Gasteiger partial charge in [0, 0.05) is 0 Å². The monoisotopic (exact) mass is 242 g/mol. The molecule has 1 aromatic carbocycles. The summed E-state index contributed by atoms with van der Waals surface area (Å²) in [5, 5.41) is 9.67. The van der Waals surface area contributed by atoms with Crippen LogP contribution in [0.5, 0.6) is 0 Å². The van der Waals surface area contributed by atoms with Gasteiger partial charge in [-0.1, -0.05) is 0 Å². The van der Waals surface area contributed by atoms with Crippen molar-refractivity contribution in [2.45, 2.75) is 30.2 Å². The van der Waals surface area contributed by atoms with Crippen molar-refractivity contribution >= 4 is 19.4 Å². The Kier molecular flexibility index (Phi) is 3.05. The van der Waals surface area contributed by atoms with E-state index in [1.54, 1.807) is 0 Å². The number of benzene rings is 1. The van der Waals surface area contributed by atoms with E-state index in [1.807, 2.05) is 6.07 Å². The minimum atomic E-state index is -0.0276. The van der Waals surface area contributed by atoms with Gasteiger partial charge in [-0.15, -0.1) is 0 Å². The molecule has 0 aromatic heterocycles. The molecule has 1 aromatic rings. The summed E-state index contributed by atoms with van der Waals surface area (Å²) in [6.45, 7) is 0. The summed E-state index contributed by atoms with van der Waals surface area (Å²) < 4.78 is 1.42. The maximum atomic E-state index is 9.67. The molecule has 1 saturated carbocycles. The topological polar surface area (TPSA) is 20.2 Å². The average Bonchev–Trinajstić information content (AvgIpc) is 2.54. The van der Waals surface area contributed by atoms with Crippen molar-refractivity contribution in [2.75, 3.05) is 0 Å². The number of aliphatic hydroxyl groups is 1. The van der Waals surface area contributed by atoms with Crippen LogP contribution >= 0.6 is 0 Å². The molecule has 1 fully saturated rings. The first-order valence-electron chi connectivity index (χ1n) is 4.76. The van der Waals surface area contributed by atoms with E-state index in [0.717, 1.165) is 6.42 Å². The van der Waals surface area contributed by atoms with Crippen molar-refractivity contribution in [3.05, 3.63) is 30.3 Å². The van der Waals surface area contributed by atoms with E-state index < -0.39 is 0 Å². The third-order valence-electron chi connectivity index (χ3n) is 2.45. The molecule has 13 heavy (non-hydrogen) atoms. The van der Waals surface area contributed by atoms with Crippen molar-refractivity contribution in [1.29, 1.82) is 0 Å². The van der Waals surface area contributed by atoms with Crippen LogP contribution in [-0.4, -0.2) is 26.2 Å². The first-order chi connectivity index (χ1) is 6.36. The second kappa shape index (κ2) is 4.28. The molecular weight excluding hydrogens is 227 g/mol. The van der Waals surface area contributed by atoms with Crippen molar-refractivity contribution in [1.82, 2.24) is 0 Å². The number of hydrogen-bond acceptors (Lipinski definition) is 1. The molecule has 0 aliphatic heterocycles. The standard InChI is InChI=1S/C11H14OSe/c12-10-7-4-8-11(10)13-9-5-2-1-3-6-9/h1-3,5-6,10-12H,4,7-8H2/t10-,11-/m1/s1. The van der Waals surface area contributed by atoms with Gasteiger partial charge in [0.1, 0.15) is 0 Å². The Hall–Kier alpha value is -0.301. The Morgan fingerprint density at radius 3 is 2.54 bits per heavy atom. The minimum absolute atomic E-state index is 0.0276. The van der Waals surface area contributed by atoms with Crippen LogP contribution in [0.15, 0.2) is 30.3 Å². The number of aliphatic hydroxyl groups excluding tert-OH is 1. The fraction of sp³-hybridized carbons (Fsp3) is 0.455. The molecule has 0 saturated heterocycles. The van der Waals surface area contributed by atoms with Crippen LogP contribution in [0.25, 0.3) is 0 Å². The molecule has 2 atom stereocenters. The first-order valence-corrected chi connectivity index (χ1v) is 6.60. The molecular formula is C11H14OSe. The molecule has 0 heterocycles. The fourth-order valence-corrected chi connectivity index (χ4v) is 4.32. The molecule has 0 unspecified atom stereocenters. The second-order valence-electron chi connectivity index (χ2n) is 3.47. The van der Waals surface area contributed by atoms with Crippen LogP contribution in [0.4, 0.5) is 0 Å². The van der Waals surface area contributed by atoms with Crippen molar-refractivity contribution < 1.29 is 5.11 Å². The van der Waals surface area contributed by atoms with Gasteiger partial charge in [0.25, 0.3) is 0 Å². The zero-order valence-corrected chi connectivity index (χ0v) is 9.23. The van der Waals surface area contributed by atoms with Gasteiger partial charge in [-0.05, 0) is 0 Å². The van der Waals surface area contributed by atoms with Gasteiger partial charge in [0.2, 0.25) is 0 Å². The summed E-state index contributed by atoms with van der Waals surface area (Å²) >= 11 is 0.469. The number of hydrogen-bond donors (Lipinski definition) is 1. The molecule has 0 spiro atoms. The third kappa shape index (κ3) is 2.34. The zero-order chi connectivity index (χ0) is 9.10. The molecule has 1 N–H and O–H groups in total. The van der Waals surface area contributed by atoms with Crippen molar-refractivity contribution in [2.24, 2.45) is 0 Å². The van der Waals surface area contributed by atoms with Gasteiger partial charge >= 0.3 is 85.0 Å². The molecule has 0 amide bonds. The molecule has 2 heteroatoms. The fourth-order valence-electron chi connectivity index (χ4n) is 1.72. The molecule has 1 aliphatic carbocycles. The van der Waals surface area contributed by atoms with E-state index in [4.69, 9.17) is 0 Å². The van der Waals surface area contributed by atoms with E-state index in [-0.39, 0.29) is 6.10 Å². The Labute approximate surface area is 85.3 Å². The summed E-state index contributed by atoms with van der Waals surface area (Å²) in [4.78, 5) is 0.565. The van der Waals surface area contributed by atoms with E-state index in [0.29, 0.717) is 19.8 Å². The van der Waals surface area contributed by atoms with Gasteiger partial charge in [0.15, 0.2) is 0 Å². The van der Waals surface area contributed by atoms with Gasteiger partial charge in [0.05, 0.1) is 0 Å². The summed E-state index contributed by atoms with van der Waals surface area (Å²) in [7, 11) is 0. The average molecular weight is 241 g/mol. The Morgan fingerprint density at radius 2 is 1.92 bits per heavy atom. The molecule has 0 radical (unpaired) electrons. The predicted octanol–water partition coefficient (Wildman–Crippen LogP) is 1.35. The van der Waals surface area contributed by atoms with Crippen LogP contribution < -0.4 is 4.46 Å². The Morgan fingerprint density at radius 1 is 1.15 bits per heavy atom. The normalized spacial score (nSPS) is 27.8. The van der Waals surface area contributed by atoms with Gasteiger partial charge in [-0.25, -0.2) is 0 Å². The van der Waals surface area contributed by atoms with Crippen LogP contribution in [-0.2, 0) is 0 Å². The molecule has 1 nitrogen and oxygen atoms in total. The number of rotatable bonds is 2. The van der Waals surface area contributed by atoms with E-state index in [1.165, 1.54) is 17.3 Å². The van der Waals surface area contributed by atoms with Crippen LogP contribution in [0, 0.1) is 0 Å². The second-order valence-corrected chi connectivity index (χ2v) is 6.22. The quantitative estimate of drug-likeness (QED) is 0.775. The van der Waals surface area contributed by atoms with Gasteiger partial charge in [-0.3, -0.25) is 0 Å². The summed E-state index contributed by atoms with van der Waals surface area (Å²) in [5.74, 6) is 0. The Balaban J connectivity index is 1.98. The summed E-state index contributed by atoms with van der Waals surface area (Å²) in [6.07, 6.45) is 3.41. The summed E-state index contributed by atoms with van der Waals surface area (Å²) in [5.41, 5.74) is 0. The van der Waals surface area contributed by atoms with Crippen LogP contribution in [0.2, 0.25) is 4.82 Å².